The van der Waals surface area contributed by atoms with Crippen molar-refractivity contribution in [2.45, 2.75) is 11.9 Å². The third-order valence-corrected chi connectivity index (χ3v) is 6.05. The molecule has 10 N–H and O–H groups in total. The van der Waals surface area contributed by atoms with Crippen molar-refractivity contribution in [2.75, 3.05) is 58.9 Å². The second kappa shape index (κ2) is 19.0. The van der Waals surface area contributed by atoms with Crippen LogP contribution in [0.1, 0.15) is 0 Å². The lowest BCUT2D eigenvalue weighted by molar-refractivity contribution is -0.283. The largest absolute Gasteiger partial charge is 0.700 e. The minimum atomic E-state index is -3.63. The number of rotatable bonds is 24. The molecular formula is C14H28N3O20P4+3. The van der Waals surface area contributed by atoms with E-state index in [-0.39, 0.29) is 13.1 Å². The zero-order valence-electron chi connectivity index (χ0n) is 20.5. The minimum Gasteiger partial charge on any atom is -0.480 e. The van der Waals surface area contributed by atoms with Gasteiger partial charge in [0.15, 0.2) is 0 Å². The number of carboxylic acids is 3. The zero-order valence-corrected chi connectivity index (χ0v) is 24.1. The van der Waals surface area contributed by atoms with Gasteiger partial charge in [-0.2, -0.15) is 0 Å². The van der Waals surface area contributed by atoms with Crippen molar-refractivity contribution < 1.29 is 96.2 Å². The molecule has 0 aromatic rings. The highest BCUT2D eigenvalue weighted by Gasteiger charge is 2.49. The molecule has 41 heavy (non-hydrogen) atoms. The lowest BCUT2D eigenvalue weighted by Crippen LogP contribution is -2.51. The Morgan fingerprint density at radius 2 is 0.902 bits per heavy atom. The summed E-state index contributed by atoms with van der Waals surface area (Å²) in [6, 6.07) is 0. The fourth-order valence-corrected chi connectivity index (χ4v) is 4.53. The first kappa shape index (κ1) is 39.6. The smallest absolute Gasteiger partial charge is 0.480 e. The van der Waals surface area contributed by atoms with E-state index in [1.54, 1.807) is 0 Å². The molecule has 0 radical (unpaired) electrons. The van der Waals surface area contributed by atoms with Crippen molar-refractivity contribution in [3.8, 4) is 0 Å². The molecule has 0 aliphatic carbocycles. The molecule has 0 aliphatic heterocycles. The Balaban J connectivity index is 5.78. The molecule has 0 aliphatic rings. The van der Waals surface area contributed by atoms with Crippen LogP contribution in [0.4, 0.5) is 0 Å². The summed E-state index contributed by atoms with van der Waals surface area (Å²) < 4.78 is 49.8. The lowest BCUT2D eigenvalue weighted by atomic mass is 10.3. The van der Waals surface area contributed by atoms with Crippen LogP contribution in [-0.2, 0) is 46.2 Å². The summed E-state index contributed by atoms with van der Waals surface area (Å²) in [6.07, 6.45) is 0. The summed E-state index contributed by atoms with van der Waals surface area (Å²) >= 11 is 0. The number of aliphatic hydroxyl groups is 2. The molecule has 0 amide bonds. The van der Waals surface area contributed by atoms with E-state index >= 15 is 0 Å². The van der Waals surface area contributed by atoms with Crippen LogP contribution in [0.2, 0.25) is 0 Å². The molecule has 0 bridgehead atoms. The molecule has 4 unspecified atom stereocenters. The molecule has 0 saturated heterocycles. The van der Waals surface area contributed by atoms with E-state index in [1.165, 1.54) is 0 Å². The van der Waals surface area contributed by atoms with Gasteiger partial charge in [-0.3, -0.25) is 29.1 Å². The van der Waals surface area contributed by atoms with Crippen LogP contribution < -0.4 is 0 Å². The van der Waals surface area contributed by atoms with E-state index in [0.29, 0.717) is 0 Å². The maximum absolute atomic E-state index is 11.3. The highest BCUT2D eigenvalue weighted by molar-refractivity contribution is 7.39. The zero-order chi connectivity index (χ0) is 32.0. The standard InChI is InChI=1S/C14H25N3O20P4/c18-10(19)5-15(1-3-16(6-11(20)21)8-13(24,34-38(26)27)35-39(28)29)2-4-17(7-12(22)23)9-14(25,36-40(30)31)37-41(32)33/h24-27H,1-9H2,(H3-3,18,19,20,21,22,23,28,29,30,31,32,33)/p+3. The molecule has 23 nitrogen and oxygen atoms in total. The molecule has 0 aromatic carbocycles. The Hall–Kier alpha value is -1.42. The molecular weight excluding hydrogens is 654 g/mol. The Bertz CT molecular complexity index is 927. The van der Waals surface area contributed by atoms with Crippen molar-refractivity contribution in [3.05, 3.63) is 0 Å². The van der Waals surface area contributed by atoms with Gasteiger partial charge in [0.25, 0.3) is 0 Å². The second-order valence-corrected chi connectivity index (χ2v) is 10.3. The number of aliphatic carboxylic acids is 3. The Kier molecular flexibility index (Phi) is 18.3. The molecule has 0 saturated carbocycles. The third-order valence-electron chi connectivity index (χ3n) is 4.27. The number of carbonyl (C=O) groups is 3. The second-order valence-electron chi connectivity index (χ2n) is 7.64. The molecule has 27 heteroatoms. The van der Waals surface area contributed by atoms with Gasteiger partial charge in [0.05, 0.1) is 32.7 Å². The highest BCUT2D eigenvalue weighted by Crippen LogP contribution is 2.37. The Morgan fingerprint density at radius 3 is 1.22 bits per heavy atom. The summed E-state index contributed by atoms with van der Waals surface area (Å²) in [6.45, 7) is -6.50. The molecule has 0 heterocycles. The summed E-state index contributed by atoms with van der Waals surface area (Å²) in [7, 11) is -14.3. The molecule has 0 fully saturated rings. The number of hydrogen-bond donors (Lipinski definition) is 10. The highest BCUT2D eigenvalue weighted by atomic mass is 31.2. The van der Waals surface area contributed by atoms with Gasteiger partial charge < -0.3 is 35.3 Å². The molecule has 0 spiro atoms. The van der Waals surface area contributed by atoms with Crippen molar-refractivity contribution in [1.82, 2.24) is 14.7 Å². The first-order valence-electron chi connectivity index (χ1n) is 10.4. The van der Waals surface area contributed by atoms with E-state index in [2.05, 4.69) is 18.1 Å². The van der Waals surface area contributed by atoms with E-state index in [1.807, 2.05) is 0 Å². The summed E-state index contributed by atoms with van der Waals surface area (Å²) in [5.41, 5.74) is 0. The summed E-state index contributed by atoms with van der Waals surface area (Å²) in [5.74, 6) is -10.9. The fourth-order valence-electron chi connectivity index (χ4n) is 3.05. The first-order valence-corrected chi connectivity index (χ1v) is 15.0. The van der Waals surface area contributed by atoms with Crippen LogP contribution in [-0.4, -0.2) is 153 Å². The van der Waals surface area contributed by atoms with Gasteiger partial charge in [-0.05, 0) is 9.05 Å². The van der Waals surface area contributed by atoms with Crippen LogP contribution in [0.15, 0.2) is 0 Å². The quantitative estimate of drug-likeness (QED) is 0.0351. The SMILES string of the molecule is O=C(O)CN(CCN(CC(=O)O)CC(O)(OP(O)O)O[P+](=O)O)CCN(CC(=O)O)CC(O)(O[P+](=O)O)O[P+](=O)O. The predicted octanol–water partition coefficient (Wildman–Crippen LogP) is -3.33. The van der Waals surface area contributed by atoms with Gasteiger partial charge in [-0.15, -0.1) is 14.7 Å². The van der Waals surface area contributed by atoms with Gasteiger partial charge in [-0.1, -0.05) is 4.52 Å². The maximum atomic E-state index is 11.3. The lowest BCUT2D eigenvalue weighted by Gasteiger charge is -2.31. The Labute approximate surface area is 233 Å². The van der Waals surface area contributed by atoms with Crippen molar-refractivity contribution in [1.29, 1.82) is 0 Å². The van der Waals surface area contributed by atoms with E-state index in [9.17, 15) is 43.4 Å². The van der Waals surface area contributed by atoms with Gasteiger partial charge in [0.1, 0.15) is 0 Å². The topological polar surface area (TPSA) is 351 Å². The van der Waals surface area contributed by atoms with Gasteiger partial charge in [0, 0.05) is 39.9 Å². The monoisotopic (exact) mass is 682 g/mol. The van der Waals surface area contributed by atoms with E-state index < -0.39 is 109 Å². The maximum Gasteiger partial charge on any atom is 0.700 e. The third kappa shape index (κ3) is 20.2. The van der Waals surface area contributed by atoms with Crippen molar-refractivity contribution >= 4 is 51.3 Å². The minimum absolute atomic E-state index is 0.378. The van der Waals surface area contributed by atoms with E-state index in [4.69, 9.17) is 34.7 Å². The van der Waals surface area contributed by atoms with Crippen LogP contribution in [0.25, 0.3) is 0 Å². The van der Waals surface area contributed by atoms with Crippen LogP contribution in [0, 0.1) is 0 Å². The fraction of sp³-hybridized carbons (Fsp3) is 0.786. The van der Waals surface area contributed by atoms with Gasteiger partial charge in [0.2, 0.25) is 0 Å². The Morgan fingerprint density at radius 1 is 0.610 bits per heavy atom. The molecule has 0 rings (SSSR count). The molecule has 236 valence electrons. The molecule has 0 aromatic heterocycles. The number of nitrogens with zero attached hydrogens (tertiary/aromatic N) is 3. The number of hydrogen-bond acceptors (Lipinski definition) is 17. The van der Waals surface area contributed by atoms with Gasteiger partial charge in [-0.25, -0.2) is 4.52 Å². The average Bonchev–Trinajstić information content (AvgIpc) is 2.71. The van der Waals surface area contributed by atoms with Crippen LogP contribution in [0.5, 0.6) is 0 Å². The van der Waals surface area contributed by atoms with Crippen LogP contribution >= 0.6 is 33.4 Å². The predicted molar refractivity (Wildman–Crippen MR) is 127 cm³/mol. The van der Waals surface area contributed by atoms with Gasteiger partial charge >= 0.3 is 63.2 Å². The summed E-state index contributed by atoms with van der Waals surface area (Å²) in [4.78, 5) is 81.2. The normalized spacial score (nSPS) is 16.0. The van der Waals surface area contributed by atoms with Crippen molar-refractivity contribution in [3.63, 3.8) is 0 Å². The summed E-state index contributed by atoms with van der Waals surface area (Å²) in [5, 5.41) is 47.9. The molecule has 4 atom stereocenters. The van der Waals surface area contributed by atoms with E-state index in [0.717, 1.165) is 14.7 Å². The van der Waals surface area contributed by atoms with Crippen molar-refractivity contribution in [2.24, 2.45) is 0 Å². The first-order chi connectivity index (χ1) is 18.7. The van der Waals surface area contributed by atoms with Crippen LogP contribution in [0.3, 0.4) is 0 Å². The average molecular weight is 682 g/mol. The number of carboxylic acid groups (broad SMARTS) is 3.